The summed E-state index contributed by atoms with van der Waals surface area (Å²) in [7, 11) is 0. The molecule has 1 aromatic heterocycles. The summed E-state index contributed by atoms with van der Waals surface area (Å²) < 4.78 is 4.88. The number of hydrogen-bond acceptors (Lipinski definition) is 12. The number of hydrogen-bond donors (Lipinski definition) is 4. The van der Waals surface area contributed by atoms with Crippen LogP contribution in [0.15, 0.2) is 21.8 Å². The number of carbonyl (C=O) groups is 5. The number of carboxylic acid groups (broad SMARTS) is 2. The fraction of sp³-hybridized carbons (Fsp3) is 0.421. The van der Waals surface area contributed by atoms with E-state index in [4.69, 9.17) is 15.3 Å². The highest BCUT2D eigenvalue weighted by atomic mass is 32.2. The number of fused-ring (bicyclic) bond motifs is 1. The number of aliphatic carboxylic acids is 2. The van der Waals surface area contributed by atoms with Crippen LogP contribution < -0.4 is 11.1 Å². The van der Waals surface area contributed by atoms with Crippen molar-refractivity contribution in [3.8, 4) is 0 Å². The number of thiazole rings is 1. The van der Waals surface area contributed by atoms with E-state index >= 15 is 0 Å². The average molecular weight is 528 g/mol. The molecule has 0 spiro atoms. The number of β-lactam (4-membered cyclic amide) rings is 1. The van der Waals surface area contributed by atoms with Gasteiger partial charge in [-0.05, 0) is 13.8 Å². The zero-order valence-corrected chi connectivity index (χ0v) is 20.3. The van der Waals surface area contributed by atoms with Crippen LogP contribution in [-0.4, -0.2) is 84.9 Å². The Morgan fingerprint density at radius 3 is 2.57 bits per heavy atom. The van der Waals surface area contributed by atoms with Crippen molar-refractivity contribution in [3.05, 3.63) is 22.3 Å². The Kier molecular flexibility index (Phi) is 7.35. The first kappa shape index (κ1) is 26.0. The SMILES string of the molecule is CC(=O)OCC1=C(C(=O)O)N2C(=O)[C@@H](NC(=O)/C(=N\OC(C)(C)C(=O)O)c3csc(N)n3)[C@H]2SC1. The summed E-state index contributed by atoms with van der Waals surface area (Å²) >= 11 is 2.18. The van der Waals surface area contributed by atoms with Crippen LogP contribution in [0.5, 0.6) is 0 Å². The molecule has 16 heteroatoms. The van der Waals surface area contributed by atoms with Gasteiger partial charge in [-0.15, -0.1) is 23.1 Å². The molecule has 0 unspecified atom stereocenters. The first-order valence-electron chi connectivity index (χ1n) is 9.88. The number of amides is 2. The van der Waals surface area contributed by atoms with Crippen molar-refractivity contribution >= 4 is 63.7 Å². The third-order valence-corrected chi connectivity index (χ3v) is 6.86. The van der Waals surface area contributed by atoms with Gasteiger partial charge >= 0.3 is 17.9 Å². The quantitative estimate of drug-likeness (QED) is 0.140. The van der Waals surface area contributed by atoms with Crippen molar-refractivity contribution in [1.29, 1.82) is 0 Å². The summed E-state index contributed by atoms with van der Waals surface area (Å²) in [5, 5.41) is 25.8. The van der Waals surface area contributed by atoms with Crippen molar-refractivity contribution in [3.63, 3.8) is 0 Å². The number of nitrogens with one attached hydrogen (secondary N) is 1. The van der Waals surface area contributed by atoms with Crippen molar-refractivity contribution in [2.75, 3.05) is 18.1 Å². The summed E-state index contributed by atoms with van der Waals surface area (Å²) in [4.78, 5) is 70.1. The number of rotatable bonds is 9. The molecule has 3 rings (SSSR count). The predicted octanol–water partition coefficient (Wildman–Crippen LogP) is -0.389. The lowest BCUT2D eigenvalue weighted by Gasteiger charge is -2.49. The maximum atomic E-state index is 13.0. The number of aromatic nitrogens is 1. The topological polar surface area (TPSA) is 211 Å². The third kappa shape index (κ3) is 5.37. The Labute approximate surface area is 206 Å². The maximum absolute atomic E-state index is 13.0. The number of thioether (sulfide) groups is 1. The molecule has 2 atom stereocenters. The number of nitrogen functional groups attached to an aromatic ring is 1. The van der Waals surface area contributed by atoms with Gasteiger partial charge in [-0.3, -0.25) is 19.3 Å². The zero-order chi connectivity index (χ0) is 26.1. The Morgan fingerprint density at radius 1 is 1.34 bits per heavy atom. The Morgan fingerprint density at radius 2 is 2.03 bits per heavy atom. The molecule has 14 nitrogen and oxygen atoms in total. The number of nitrogens with zero attached hydrogens (tertiary/aromatic N) is 3. The maximum Gasteiger partial charge on any atom is 0.352 e. The van der Waals surface area contributed by atoms with Crippen LogP contribution >= 0.6 is 23.1 Å². The molecule has 2 aliphatic heterocycles. The highest BCUT2D eigenvalue weighted by Crippen LogP contribution is 2.40. The van der Waals surface area contributed by atoms with Crippen molar-refractivity contribution in [2.24, 2.45) is 5.16 Å². The lowest BCUT2D eigenvalue weighted by atomic mass is 10.0. The molecule has 0 radical (unpaired) electrons. The number of ether oxygens (including phenoxy) is 1. The van der Waals surface area contributed by atoms with E-state index in [1.165, 1.54) is 37.9 Å². The minimum absolute atomic E-state index is 0.000836. The summed E-state index contributed by atoms with van der Waals surface area (Å²) in [5.74, 6) is -4.76. The molecule has 1 aromatic rings. The van der Waals surface area contributed by atoms with Crippen molar-refractivity contribution in [1.82, 2.24) is 15.2 Å². The second kappa shape index (κ2) is 9.91. The molecule has 0 aromatic carbocycles. The largest absolute Gasteiger partial charge is 0.478 e. The van der Waals surface area contributed by atoms with Gasteiger partial charge in [0.05, 0.1) is 0 Å². The van der Waals surface area contributed by atoms with Gasteiger partial charge in [-0.25, -0.2) is 14.6 Å². The van der Waals surface area contributed by atoms with E-state index in [2.05, 4.69) is 15.5 Å². The predicted molar refractivity (Wildman–Crippen MR) is 122 cm³/mol. The molecular weight excluding hydrogens is 506 g/mol. The van der Waals surface area contributed by atoms with Gasteiger partial charge < -0.3 is 30.8 Å². The molecule has 1 fully saturated rings. The smallest absolute Gasteiger partial charge is 0.352 e. The van der Waals surface area contributed by atoms with Gasteiger partial charge in [0.15, 0.2) is 10.8 Å². The molecule has 3 heterocycles. The molecule has 35 heavy (non-hydrogen) atoms. The van der Waals surface area contributed by atoms with E-state index in [1.807, 2.05) is 0 Å². The average Bonchev–Trinajstić information content (AvgIpc) is 3.20. The summed E-state index contributed by atoms with van der Waals surface area (Å²) in [5.41, 5.74) is 3.38. The van der Waals surface area contributed by atoms with Gasteiger partial charge in [0.2, 0.25) is 5.60 Å². The van der Waals surface area contributed by atoms with E-state index in [1.54, 1.807) is 0 Å². The summed E-state index contributed by atoms with van der Waals surface area (Å²) in [6.07, 6.45) is 0. The monoisotopic (exact) mass is 527 g/mol. The van der Waals surface area contributed by atoms with E-state index in [-0.39, 0.29) is 34.5 Å². The number of oxime groups is 1. The molecule has 0 aliphatic carbocycles. The van der Waals surface area contributed by atoms with Crippen molar-refractivity contribution in [2.45, 2.75) is 37.8 Å². The molecule has 5 N–H and O–H groups in total. The molecule has 1 saturated heterocycles. The van der Waals surface area contributed by atoms with Gasteiger partial charge in [-0.2, -0.15) is 0 Å². The first-order chi connectivity index (χ1) is 16.3. The zero-order valence-electron chi connectivity index (χ0n) is 18.6. The van der Waals surface area contributed by atoms with Gasteiger partial charge in [0.1, 0.15) is 29.4 Å². The molecule has 188 valence electrons. The van der Waals surface area contributed by atoms with Crippen LogP contribution in [-0.2, 0) is 33.5 Å². The van der Waals surface area contributed by atoms with Gasteiger partial charge in [0.25, 0.3) is 11.8 Å². The van der Waals surface area contributed by atoms with Gasteiger partial charge in [-0.1, -0.05) is 5.16 Å². The number of anilines is 1. The fourth-order valence-corrected chi connectivity index (χ4v) is 4.87. The lowest BCUT2D eigenvalue weighted by Crippen LogP contribution is -2.71. The minimum atomic E-state index is -1.77. The summed E-state index contributed by atoms with van der Waals surface area (Å²) in [6.45, 7) is 3.35. The molecule has 0 bridgehead atoms. The molecule has 0 saturated carbocycles. The third-order valence-electron chi connectivity index (χ3n) is 4.85. The molecule has 2 amide bonds. The van der Waals surface area contributed by atoms with Crippen LogP contribution in [0.25, 0.3) is 0 Å². The molecule has 2 aliphatic rings. The van der Waals surface area contributed by atoms with Gasteiger partial charge in [0, 0.05) is 23.6 Å². The molecular formula is C19H21N5O9S2. The van der Waals surface area contributed by atoms with Crippen LogP contribution in [0.4, 0.5) is 5.13 Å². The van der Waals surface area contributed by atoms with Crippen LogP contribution in [0.2, 0.25) is 0 Å². The standard InChI is InChI=1S/C19H21N5O9S2/c1-7(25)32-4-8-5-34-15-11(14(27)24(15)12(8)16(28)29)22-13(26)10(9-6-35-18(20)21-9)23-33-19(2,3)17(30)31/h6,11,15H,4-5H2,1-3H3,(H2,20,21)(H,22,26)(H,28,29)(H,30,31)/b23-10-/t11-,15-/m1/s1. The van der Waals surface area contributed by atoms with Crippen LogP contribution in [0, 0.1) is 0 Å². The Hall–Kier alpha value is -3.66. The second-order valence-electron chi connectivity index (χ2n) is 7.82. The second-order valence-corrected chi connectivity index (χ2v) is 9.81. The highest BCUT2D eigenvalue weighted by molar-refractivity contribution is 8.00. The highest BCUT2D eigenvalue weighted by Gasteiger charge is 2.54. The normalized spacial score (nSPS) is 20.0. The van der Waals surface area contributed by atoms with E-state index in [0.717, 1.165) is 16.2 Å². The van der Waals surface area contributed by atoms with Crippen LogP contribution in [0.1, 0.15) is 26.5 Å². The van der Waals surface area contributed by atoms with E-state index in [0.29, 0.717) is 0 Å². The number of esters is 1. The first-order valence-corrected chi connectivity index (χ1v) is 11.8. The van der Waals surface area contributed by atoms with Crippen LogP contribution in [0.3, 0.4) is 0 Å². The lowest BCUT2D eigenvalue weighted by molar-refractivity contribution is -0.161. The Bertz CT molecular complexity index is 1160. The minimum Gasteiger partial charge on any atom is -0.478 e. The fourth-order valence-electron chi connectivity index (χ4n) is 2.99. The summed E-state index contributed by atoms with van der Waals surface area (Å²) in [6, 6.07) is -1.11. The number of nitrogens with two attached hydrogens (primary N) is 1. The number of carboxylic acids is 2. The Balaban J connectivity index is 1.82. The van der Waals surface area contributed by atoms with Crippen molar-refractivity contribution < 1.29 is 43.8 Å². The van der Waals surface area contributed by atoms with E-state index in [9.17, 15) is 34.2 Å². The number of carbonyl (C=O) groups excluding carboxylic acids is 3. The van der Waals surface area contributed by atoms with E-state index < -0.39 is 52.5 Å².